The molecule has 0 unspecified atom stereocenters. The van der Waals surface area contributed by atoms with E-state index in [1.54, 1.807) is 6.07 Å². The number of hydrogen-bond donors (Lipinski definition) is 3. The highest BCUT2D eigenvalue weighted by molar-refractivity contribution is 6.22. The number of aromatic nitrogens is 1. The van der Waals surface area contributed by atoms with Crippen molar-refractivity contribution in [2.45, 2.75) is 25.8 Å². The molecule has 4 N–H and O–H groups in total. The van der Waals surface area contributed by atoms with Gasteiger partial charge in [0.05, 0.1) is 28.3 Å². The van der Waals surface area contributed by atoms with Crippen LogP contribution in [0.4, 0.5) is 21.9 Å². The predicted octanol–water partition coefficient (Wildman–Crippen LogP) is 7.25. The number of anilines is 2. The molecule has 41 heavy (non-hydrogen) atoms. The summed E-state index contributed by atoms with van der Waals surface area (Å²) in [6.45, 7) is 3.24. The number of H-pyrrole nitrogens is 1. The second-order valence-corrected chi connectivity index (χ2v) is 10.4. The molecule has 1 saturated heterocycles. The van der Waals surface area contributed by atoms with Gasteiger partial charge in [0.25, 0.3) is 0 Å². The minimum Gasteiger partial charge on any atom is -0.494 e. The number of para-hydroxylation sites is 1. The highest BCUT2D eigenvalue weighted by atomic mass is 16.3. The fourth-order valence-corrected chi connectivity index (χ4v) is 5.57. The number of carbonyl (C=O) groups is 1. The largest absolute Gasteiger partial charge is 0.494 e. The average Bonchev–Trinajstić information content (AvgIpc) is 3.33. The van der Waals surface area contributed by atoms with Gasteiger partial charge in [0, 0.05) is 23.0 Å². The second kappa shape index (κ2) is 11.7. The summed E-state index contributed by atoms with van der Waals surface area (Å²) < 4.78 is 0. The number of aliphatic imine (C=N–C) groups is 1. The quantitative estimate of drug-likeness (QED) is 0.189. The summed E-state index contributed by atoms with van der Waals surface area (Å²) in [7, 11) is 0. The lowest BCUT2D eigenvalue weighted by atomic mass is 10.00. The Hall–Kier alpha value is -4.88. The van der Waals surface area contributed by atoms with Gasteiger partial charge in [-0.25, -0.2) is 9.79 Å². The summed E-state index contributed by atoms with van der Waals surface area (Å²) in [6, 6.07) is 32.3. The lowest BCUT2D eigenvalue weighted by molar-refractivity contribution is 0.221. The Morgan fingerprint density at radius 3 is 2.22 bits per heavy atom. The molecule has 0 spiro atoms. The van der Waals surface area contributed by atoms with Crippen molar-refractivity contribution in [1.82, 2.24) is 9.88 Å². The standard InChI is InChI=1S/C34H33N5O2/c35-34(41)39(27-12-6-2-7-13-27)28-18-19-30-29(22-28)31(33(40)37-30)32(25-10-4-1-5-11-25)36-26-16-14-24(15-17-26)23-38-20-8-3-9-21-38/h1-2,4-7,10-19,22,37,40H,3,8-9,20-21,23H2,(H2,35,41). The third-order valence-corrected chi connectivity index (χ3v) is 7.57. The number of benzene rings is 4. The monoisotopic (exact) mass is 543 g/mol. The topological polar surface area (TPSA) is 98.0 Å². The van der Waals surface area contributed by atoms with Gasteiger partial charge in [0.1, 0.15) is 0 Å². The Kier molecular flexibility index (Phi) is 7.52. The van der Waals surface area contributed by atoms with Crippen LogP contribution in [-0.2, 0) is 6.54 Å². The van der Waals surface area contributed by atoms with Crippen molar-refractivity contribution in [3.63, 3.8) is 0 Å². The zero-order valence-corrected chi connectivity index (χ0v) is 22.8. The van der Waals surface area contributed by atoms with Gasteiger partial charge in [-0.05, 0) is 74.0 Å². The molecular weight excluding hydrogens is 510 g/mol. The number of piperidine rings is 1. The Bertz CT molecular complexity index is 1670. The van der Waals surface area contributed by atoms with Crippen molar-refractivity contribution in [2.75, 3.05) is 18.0 Å². The summed E-state index contributed by atoms with van der Waals surface area (Å²) in [4.78, 5) is 24.6. The smallest absolute Gasteiger partial charge is 0.323 e. The van der Waals surface area contributed by atoms with E-state index >= 15 is 0 Å². The molecule has 0 aliphatic carbocycles. The van der Waals surface area contributed by atoms with Crippen molar-refractivity contribution >= 4 is 39.7 Å². The number of fused-ring (bicyclic) bond motifs is 1. The first-order valence-electron chi connectivity index (χ1n) is 14.0. The Morgan fingerprint density at radius 2 is 1.54 bits per heavy atom. The third-order valence-electron chi connectivity index (χ3n) is 7.57. The fraction of sp³-hybridized carbons (Fsp3) is 0.176. The van der Waals surface area contributed by atoms with Crippen LogP contribution in [0, 0.1) is 0 Å². The molecule has 5 aromatic rings. The van der Waals surface area contributed by atoms with Crippen LogP contribution in [0.5, 0.6) is 5.88 Å². The van der Waals surface area contributed by atoms with Gasteiger partial charge >= 0.3 is 6.03 Å². The molecular formula is C34H33N5O2. The molecule has 206 valence electrons. The predicted molar refractivity (Wildman–Crippen MR) is 165 cm³/mol. The lowest BCUT2D eigenvalue weighted by Gasteiger charge is -2.26. The lowest BCUT2D eigenvalue weighted by Crippen LogP contribution is -2.31. The number of urea groups is 1. The van der Waals surface area contributed by atoms with E-state index in [1.807, 2.05) is 84.9 Å². The van der Waals surface area contributed by atoms with Crippen LogP contribution in [0.3, 0.4) is 0 Å². The van der Waals surface area contributed by atoms with Gasteiger partial charge in [-0.2, -0.15) is 0 Å². The van der Waals surface area contributed by atoms with Gasteiger partial charge in [-0.15, -0.1) is 0 Å². The number of aromatic hydroxyl groups is 1. The minimum absolute atomic E-state index is 0.00630. The van der Waals surface area contributed by atoms with Crippen LogP contribution < -0.4 is 10.6 Å². The van der Waals surface area contributed by atoms with Gasteiger partial charge < -0.3 is 15.8 Å². The number of aromatic amines is 1. The number of hydrogen-bond acceptors (Lipinski definition) is 4. The number of rotatable bonds is 7. The first kappa shape index (κ1) is 26.3. The summed E-state index contributed by atoms with van der Waals surface area (Å²) in [5.41, 5.74) is 11.9. The van der Waals surface area contributed by atoms with E-state index in [1.165, 1.54) is 29.7 Å². The molecule has 1 aliphatic heterocycles. The van der Waals surface area contributed by atoms with Crippen molar-refractivity contribution < 1.29 is 9.90 Å². The highest BCUT2D eigenvalue weighted by Crippen LogP contribution is 2.35. The number of primary amides is 1. The van der Waals surface area contributed by atoms with E-state index in [-0.39, 0.29) is 5.88 Å². The molecule has 7 heteroatoms. The second-order valence-electron chi connectivity index (χ2n) is 10.4. The van der Waals surface area contributed by atoms with E-state index < -0.39 is 6.03 Å². The van der Waals surface area contributed by atoms with E-state index in [4.69, 9.17) is 10.7 Å². The van der Waals surface area contributed by atoms with E-state index in [0.29, 0.717) is 22.6 Å². The fourth-order valence-electron chi connectivity index (χ4n) is 5.57. The number of amides is 2. The Labute approximate surface area is 239 Å². The van der Waals surface area contributed by atoms with E-state index in [9.17, 15) is 9.90 Å². The maximum atomic E-state index is 12.5. The number of nitrogens with one attached hydrogen (secondary N) is 1. The summed E-state index contributed by atoms with van der Waals surface area (Å²) in [5, 5.41) is 11.9. The van der Waals surface area contributed by atoms with Crippen LogP contribution in [0.25, 0.3) is 10.9 Å². The Balaban J connectivity index is 1.42. The SMILES string of the molecule is NC(=O)N(c1ccccc1)c1ccc2[nH]c(O)c(C(=Nc3ccc(CN4CCCCC4)cc3)c3ccccc3)c2c1. The van der Waals surface area contributed by atoms with Gasteiger partial charge in [0.2, 0.25) is 0 Å². The maximum Gasteiger partial charge on any atom is 0.323 e. The summed E-state index contributed by atoms with van der Waals surface area (Å²) in [5.74, 6) is 0.00630. The van der Waals surface area contributed by atoms with Crippen LogP contribution in [0.1, 0.15) is 36.0 Å². The van der Waals surface area contributed by atoms with Gasteiger partial charge in [-0.3, -0.25) is 9.80 Å². The van der Waals surface area contributed by atoms with Crippen molar-refractivity contribution in [1.29, 1.82) is 0 Å². The molecule has 0 radical (unpaired) electrons. The first-order chi connectivity index (χ1) is 20.1. The molecule has 7 nitrogen and oxygen atoms in total. The molecule has 6 rings (SSSR count). The number of nitrogens with two attached hydrogens (primary N) is 1. The molecule has 4 aromatic carbocycles. The summed E-state index contributed by atoms with van der Waals surface area (Å²) in [6.07, 6.45) is 3.85. The maximum absolute atomic E-state index is 12.5. The molecule has 0 bridgehead atoms. The van der Waals surface area contributed by atoms with Crippen molar-refractivity contribution in [3.8, 4) is 5.88 Å². The normalized spacial score (nSPS) is 14.3. The van der Waals surface area contributed by atoms with Crippen LogP contribution in [-0.4, -0.2) is 39.8 Å². The average molecular weight is 544 g/mol. The zero-order chi connectivity index (χ0) is 28.2. The van der Waals surface area contributed by atoms with Crippen molar-refractivity contribution in [3.05, 3.63) is 120 Å². The first-order valence-corrected chi connectivity index (χ1v) is 14.0. The molecule has 2 heterocycles. The van der Waals surface area contributed by atoms with Gasteiger partial charge in [-0.1, -0.05) is 67.1 Å². The molecule has 2 amide bonds. The van der Waals surface area contributed by atoms with Gasteiger partial charge in [0.15, 0.2) is 5.88 Å². The Morgan fingerprint density at radius 1 is 0.854 bits per heavy atom. The third kappa shape index (κ3) is 5.71. The van der Waals surface area contributed by atoms with Crippen molar-refractivity contribution in [2.24, 2.45) is 10.7 Å². The van der Waals surface area contributed by atoms with Crippen LogP contribution in [0.15, 0.2) is 108 Å². The van der Waals surface area contributed by atoms with E-state index in [2.05, 4.69) is 22.0 Å². The molecule has 1 fully saturated rings. The molecule has 0 atom stereocenters. The van der Waals surface area contributed by atoms with Crippen LogP contribution in [0.2, 0.25) is 0 Å². The molecule has 1 aromatic heterocycles. The molecule has 0 saturated carbocycles. The summed E-state index contributed by atoms with van der Waals surface area (Å²) >= 11 is 0. The number of nitrogens with zero attached hydrogens (tertiary/aromatic N) is 3. The van der Waals surface area contributed by atoms with E-state index in [0.717, 1.165) is 41.8 Å². The number of carbonyl (C=O) groups excluding carboxylic acids is 1. The zero-order valence-electron chi connectivity index (χ0n) is 22.8. The molecule has 1 aliphatic rings. The van der Waals surface area contributed by atoms with Crippen LogP contribution >= 0.6 is 0 Å². The number of likely N-dealkylation sites (tertiary alicyclic amines) is 1. The minimum atomic E-state index is -0.599. The highest BCUT2D eigenvalue weighted by Gasteiger charge is 2.22.